The summed E-state index contributed by atoms with van der Waals surface area (Å²) in [5.41, 5.74) is 4.01. The molecule has 7 heteroatoms. The van der Waals surface area contributed by atoms with Gasteiger partial charge in [0.25, 0.3) is 0 Å². The molecule has 1 aromatic carbocycles. The number of carbonyl (C=O) groups excluding carboxylic acids is 1. The molecular formula is C21H27N5OS. The van der Waals surface area contributed by atoms with Crippen molar-refractivity contribution < 1.29 is 4.79 Å². The van der Waals surface area contributed by atoms with Crippen molar-refractivity contribution in [3.8, 4) is 0 Å². The fourth-order valence-electron chi connectivity index (χ4n) is 4.29. The third-order valence-electron chi connectivity index (χ3n) is 5.86. The molecule has 28 heavy (non-hydrogen) atoms. The SMILES string of the molecule is CCc1ccc2c(c1)c1nnc(SCC(=O)N3[C@H](C)CCC[C@@H]3C)nc1n2C. The minimum Gasteiger partial charge on any atom is -0.337 e. The summed E-state index contributed by atoms with van der Waals surface area (Å²) >= 11 is 1.38. The van der Waals surface area contributed by atoms with Gasteiger partial charge in [-0.3, -0.25) is 4.79 Å². The molecule has 0 saturated carbocycles. The van der Waals surface area contributed by atoms with Crippen molar-refractivity contribution in [2.24, 2.45) is 7.05 Å². The fourth-order valence-corrected chi connectivity index (χ4v) is 4.94. The maximum absolute atomic E-state index is 12.8. The Bertz CT molecular complexity index is 1020. The summed E-state index contributed by atoms with van der Waals surface area (Å²) in [7, 11) is 2.00. The molecule has 0 radical (unpaired) electrons. The van der Waals surface area contributed by atoms with Crippen LogP contribution in [0.4, 0.5) is 0 Å². The Morgan fingerprint density at radius 2 is 1.96 bits per heavy atom. The lowest BCUT2D eigenvalue weighted by Crippen LogP contribution is -2.48. The second kappa shape index (κ2) is 7.70. The van der Waals surface area contributed by atoms with Crippen LogP contribution >= 0.6 is 11.8 Å². The molecule has 3 aromatic rings. The quantitative estimate of drug-likeness (QED) is 0.624. The number of benzene rings is 1. The van der Waals surface area contributed by atoms with Gasteiger partial charge in [0.15, 0.2) is 5.65 Å². The van der Waals surface area contributed by atoms with Crippen molar-refractivity contribution in [1.82, 2.24) is 24.6 Å². The summed E-state index contributed by atoms with van der Waals surface area (Å²) < 4.78 is 2.06. The van der Waals surface area contributed by atoms with E-state index in [1.807, 2.05) is 11.9 Å². The second-order valence-corrected chi connectivity index (χ2v) is 8.69. The molecular weight excluding hydrogens is 370 g/mol. The summed E-state index contributed by atoms with van der Waals surface area (Å²) in [4.78, 5) is 19.5. The smallest absolute Gasteiger partial charge is 0.233 e. The third kappa shape index (κ3) is 3.36. The van der Waals surface area contributed by atoms with Gasteiger partial charge in [-0.15, -0.1) is 10.2 Å². The molecule has 0 unspecified atom stereocenters. The predicted octanol–water partition coefficient (Wildman–Crippen LogP) is 3.96. The van der Waals surface area contributed by atoms with Gasteiger partial charge in [0.05, 0.1) is 11.3 Å². The van der Waals surface area contributed by atoms with Crippen LogP contribution in [0.1, 0.15) is 45.6 Å². The van der Waals surface area contributed by atoms with Crippen LogP contribution in [-0.2, 0) is 18.3 Å². The van der Waals surface area contributed by atoms with Crippen LogP contribution in [0.2, 0.25) is 0 Å². The number of aromatic nitrogens is 4. The fraction of sp³-hybridized carbons (Fsp3) is 0.524. The molecule has 0 aliphatic carbocycles. The Morgan fingerprint density at radius 1 is 1.21 bits per heavy atom. The molecule has 1 fully saturated rings. The van der Waals surface area contributed by atoms with Gasteiger partial charge in [0.1, 0.15) is 5.52 Å². The Morgan fingerprint density at radius 3 is 2.68 bits per heavy atom. The van der Waals surface area contributed by atoms with Crippen molar-refractivity contribution in [2.45, 2.75) is 63.7 Å². The molecule has 1 aliphatic rings. The molecule has 3 heterocycles. The second-order valence-electron chi connectivity index (χ2n) is 7.75. The van der Waals surface area contributed by atoms with Gasteiger partial charge < -0.3 is 9.47 Å². The number of thioether (sulfide) groups is 1. The van der Waals surface area contributed by atoms with E-state index >= 15 is 0 Å². The monoisotopic (exact) mass is 397 g/mol. The van der Waals surface area contributed by atoms with Crippen molar-refractivity contribution in [3.63, 3.8) is 0 Å². The van der Waals surface area contributed by atoms with E-state index in [-0.39, 0.29) is 5.91 Å². The zero-order valence-electron chi connectivity index (χ0n) is 17.0. The highest BCUT2D eigenvalue weighted by Crippen LogP contribution is 2.28. The van der Waals surface area contributed by atoms with Gasteiger partial charge in [-0.25, -0.2) is 4.98 Å². The Balaban J connectivity index is 1.57. The number of nitrogens with zero attached hydrogens (tertiary/aromatic N) is 5. The van der Waals surface area contributed by atoms with E-state index in [4.69, 9.17) is 4.98 Å². The first kappa shape index (κ1) is 19.2. The molecule has 0 N–H and O–H groups in total. The normalized spacial score (nSPS) is 20.2. The molecule has 0 bridgehead atoms. The van der Waals surface area contributed by atoms with Crippen LogP contribution in [-0.4, -0.2) is 48.4 Å². The Hall–Kier alpha value is -2.15. The van der Waals surface area contributed by atoms with Crippen molar-refractivity contribution in [2.75, 3.05) is 5.75 Å². The third-order valence-corrected chi connectivity index (χ3v) is 6.68. The number of aryl methyl sites for hydroxylation is 2. The van der Waals surface area contributed by atoms with Crippen molar-refractivity contribution >= 4 is 39.7 Å². The maximum Gasteiger partial charge on any atom is 0.233 e. The number of rotatable bonds is 4. The molecule has 2 aromatic heterocycles. The van der Waals surface area contributed by atoms with Crippen LogP contribution in [0.15, 0.2) is 23.4 Å². The summed E-state index contributed by atoms with van der Waals surface area (Å²) in [5, 5.41) is 10.4. The van der Waals surface area contributed by atoms with E-state index in [1.54, 1.807) is 0 Å². The average molecular weight is 398 g/mol. The number of piperidine rings is 1. The number of likely N-dealkylation sites (tertiary alicyclic amines) is 1. The predicted molar refractivity (Wildman–Crippen MR) is 114 cm³/mol. The number of hydrogen-bond acceptors (Lipinski definition) is 5. The zero-order valence-corrected chi connectivity index (χ0v) is 17.8. The van der Waals surface area contributed by atoms with E-state index in [0.29, 0.717) is 23.0 Å². The van der Waals surface area contributed by atoms with Gasteiger partial charge in [0, 0.05) is 24.5 Å². The first-order valence-electron chi connectivity index (χ1n) is 10.0. The van der Waals surface area contributed by atoms with Crippen LogP contribution in [0.3, 0.4) is 0 Å². The summed E-state index contributed by atoms with van der Waals surface area (Å²) in [6.07, 6.45) is 4.35. The molecule has 6 nitrogen and oxygen atoms in total. The molecule has 4 rings (SSSR count). The van der Waals surface area contributed by atoms with E-state index in [0.717, 1.165) is 41.3 Å². The largest absolute Gasteiger partial charge is 0.337 e. The topological polar surface area (TPSA) is 63.9 Å². The summed E-state index contributed by atoms with van der Waals surface area (Å²) in [6.45, 7) is 6.43. The van der Waals surface area contributed by atoms with Crippen LogP contribution in [0, 0.1) is 0 Å². The Kier molecular flexibility index (Phi) is 5.27. The average Bonchev–Trinajstić information content (AvgIpc) is 2.97. The van der Waals surface area contributed by atoms with Gasteiger partial charge in [-0.1, -0.05) is 24.8 Å². The van der Waals surface area contributed by atoms with E-state index in [1.165, 1.54) is 23.7 Å². The molecule has 1 amide bonds. The van der Waals surface area contributed by atoms with E-state index < -0.39 is 0 Å². The highest BCUT2D eigenvalue weighted by Gasteiger charge is 2.28. The lowest BCUT2D eigenvalue weighted by Gasteiger charge is -2.39. The first-order chi connectivity index (χ1) is 13.5. The minimum absolute atomic E-state index is 0.165. The molecule has 148 valence electrons. The van der Waals surface area contributed by atoms with Gasteiger partial charge >= 0.3 is 0 Å². The molecule has 2 atom stereocenters. The summed E-state index contributed by atoms with van der Waals surface area (Å²) in [6, 6.07) is 7.05. The first-order valence-corrected chi connectivity index (χ1v) is 11.0. The minimum atomic E-state index is 0.165. The van der Waals surface area contributed by atoms with E-state index in [2.05, 4.69) is 53.7 Å². The molecule has 1 aliphatic heterocycles. The molecule has 1 saturated heterocycles. The molecule has 0 spiro atoms. The standard InChI is InChI=1S/C21H27N5OS/c1-5-15-9-10-17-16(11-15)19-20(25(17)4)22-21(24-23-19)28-12-18(27)26-13(2)7-6-8-14(26)3/h9-11,13-14H,5-8,12H2,1-4H3/t13-,14+. The maximum atomic E-state index is 12.8. The van der Waals surface area contributed by atoms with Crippen LogP contribution in [0.25, 0.3) is 22.1 Å². The number of carbonyl (C=O) groups is 1. The highest BCUT2D eigenvalue weighted by molar-refractivity contribution is 7.99. The van der Waals surface area contributed by atoms with Crippen LogP contribution in [0.5, 0.6) is 0 Å². The summed E-state index contributed by atoms with van der Waals surface area (Å²) in [5.74, 6) is 0.518. The van der Waals surface area contributed by atoms with Crippen molar-refractivity contribution in [1.29, 1.82) is 0 Å². The lowest BCUT2D eigenvalue weighted by molar-refractivity contribution is -0.134. The van der Waals surface area contributed by atoms with Crippen molar-refractivity contribution in [3.05, 3.63) is 23.8 Å². The number of fused-ring (bicyclic) bond motifs is 3. The van der Waals surface area contributed by atoms with Gasteiger partial charge in [0.2, 0.25) is 11.1 Å². The number of amides is 1. The van der Waals surface area contributed by atoms with Gasteiger partial charge in [-0.05, 0) is 57.2 Å². The highest BCUT2D eigenvalue weighted by atomic mass is 32.2. The lowest BCUT2D eigenvalue weighted by atomic mass is 9.98. The number of hydrogen-bond donors (Lipinski definition) is 0. The zero-order chi connectivity index (χ0) is 19.8. The van der Waals surface area contributed by atoms with Crippen LogP contribution < -0.4 is 0 Å². The Labute approximate surface area is 169 Å². The van der Waals surface area contributed by atoms with E-state index in [9.17, 15) is 4.79 Å². The van der Waals surface area contributed by atoms with Gasteiger partial charge in [-0.2, -0.15) is 0 Å².